The number of carboxylic acid groups (broad SMARTS) is 1. The molecule has 0 amide bonds. The number of aliphatic carboxylic acids is 1. The minimum atomic E-state index is -1.81. The van der Waals surface area contributed by atoms with Crippen LogP contribution in [0.25, 0.3) is 0 Å². The van der Waals surface area contributed by atoms with Crippen LogP contribution in [-0.2, 0) is 28.5 Å². The van der Waals surface area contributed by atoms with E-state index in [0.29, 0.717) is 0 Å². The summed E-state index contributed by atoms with van der Waals surface area (Å²) in [6.45, 7) is 0. The molecule has 1 aliphatic rings. The van der Waals surface area contributed by atoms with Crippen molar-refractivity contribution in [3.63, 3.8) is 0 Å². The van der Waals surface area contributed by atoms with Crippen molar-refractivity contribution in [1.82, 2.24) is 0 Å². The Morgan fingerprint density at radius 3 is 1.34 bits per heavy atom. The van der Waals surface area contributed by atoms with Crippen LogP contribution in [0.5, 0.6) is 0 Å². The predicted molar refractivity (Wildman–Crippen MR) is 130 cm³/mol. The molecular formula is C28H24O10. The Morgan fingerprint density at radius 1 is 0.605 bits per heavy atom. The lowest BCUT2D eigenvalue weighted by Crippen LogP contribution is -2.63. The molecule has 4 rings (SSSR count). The third-order valence-corrected chi connectivity index (χ3v) is 5.73. The molecule has 3 aromatic rings. The number of hydrogen-bond acceptors (Lipinski definition) is 9. The minimum Gasteiger partial charge on any atom is -0.479 e. The molecule has 1 heterocycles. The third-order valence-electron chi connectivity index (χ3n) is 5.73. The summed E-state index contributed by atoms with van der Waals surface area (Å²) in [5.41, 5.74) is 0.436. The number of esters is 3. The van der Waals surface area contributed by atoms with Crippen molar-refractivity contribution in [2.24, 2.45) is 0 Å². The van der Waals surface area contributed by atoms with Gasteiger partial charge in [-0.2, -0.15) is 0 Å². The van der Waals surface area contributed by atoms with E-state index in [9.17, 15) is 24.3 Å². The molecule has 196 valence electrons. The molecule has 0 radical (unpaired) electrons. The van der Waals surface area contributed by atoms with Crippen LogP contribution >= 0.6 is 0 Å². The highest BCUT2D eigenvalue weighted by molar-refractivity contribution is 5.91. The van der Waals surface area contributed by atoms with Gasteiger partial charge in [-0.1, -0.05) is 54.6 Å². The van der Waals surface area contributed by atoms with Gasteiger partial charge in [-0.05, 0) is 36.4 Å². The van der Waals surface area contributed by atoms with Gasteiger partial charge in [0.2, 0.25) is 0 Å². The highest BCUT2D eigenvalue weighted by atomic mass is 16.7. The first-order valence-electron chi connectivity index (χ1n) is 11.6. The Hall–Kier alpha value is -4.54. The average molecular weight is 520 g/mol. The van der Waals surface area contributed by atoms with Gasteiger partial charge in [0.1, 0.15) is 0 Å². The van der Waals surface area contributed by atoms with Crippen LogP contribution in [0.1, 0.15) is 31.1 Å². The average Bonchev–Trinajstić information content (AvgIpc) is 2.95. The Balaban J connectivity index is 1.72. The smallest absolute Gasteiger partial charge is 0.338 e. The monoisotopic (exact) mass is 520 g/mol. The second-order valence-electron chi connectivity index (χ2n) is 8.21. The van der Waals surface area contributed by atoms with E-state index < -0.39 is 54.6 Å². The molecule has 1 saturated heterocycles. The van der Waals surface area contributed by atoms with Crippen molar-refractivity contribution >= 4 is 23.9 Å². The van der Waals surface area contributed by atoms with Gasteiger partial charge in [0.05, 0.1) is 16.7 Å². The van der Waals surface area contributed by atoms with Crippen LogP contribution in [0.15, 0.2) is 91.0 Å². The summed E-state index contributed by atoms with van der Waals surface area (Å²) < 4.78 is 27.7. The van der Waals surface area contributed by atoms with Crippen molar-refractivity contribution in [3.8, 4) is 0 Å². The molecule has 0 aliphatic carbocycles. The van der Waals surface area contributed by atoms with Crippen molar-refractivity contribution in [1.29, 1.82) is 0 Å². The second-order valence-corrected chi connectivity index (χ2v) is 8.21. The van der Waals surface area contributed by atoms with Crippen LogP contribution in [0.2, 0.25) is 0 Å². The quantitative estimate of drug-likeness (QED) is 0.349. The van der Waals surface area contributed by atoms with Crippen LogP contribution in [-0.4, -0.2) is 66.8 Å². The van der Waals surface area contributed by atoms with Crippen LogP contribution in [0, 0.1) is 0 Å². The fraction of sp³-hybridized carbons (Fsp3) is 0.214. The SMILES string of the molecule is CO[C@@H]1O[C@H](C(=O)O)[C@@H](OC(=O)c2ccccc2)[C@H](OC(=O)c2ccccc2)[C@H]1OC(=O)c1ccccc1. The molecule has 0 unspecified atom stereocenters. The fourth-order valence-electron chi connectivity index (χ4n) is 3.89. The van der Waals surface area contributed by atoms with E-state index in [0.717, 1.165) is 0 Å². The molecule has 10 heteroatoms. The van der Waals surface area contributed by atoms with E-state index in [1.54, 1.807) is 54.6 Å². The lowest BCUT2D eigenvalue weighted by Gasteiger charge is -2.42. The molecule has 0 saturated carbocycles. The van der Waals surface area contributed by atoms with Crippen LogP contribution < -0.4 is 0 Å². The number of ether oxygens (including phenoxy) is 5. The first-order valence-corrected chi connectivity index (χ1v) is 11.6. The molecule has 1 fully saturated rings. The van der Waals surface area contributed by atoms with Crippen LogP contribution in [0.4, 0.5) is 0 Å². The van der Waals surface area contributed by atoms with E-state index >= 15 is 0 Å². The minimum absolute atomic E-state index is 0.122. The number of benzene rings is 3. The summed E-state index contributed by atoms with van der Waals surface area (Å²) in [5.74, 6) is -4.08. The number of carbonyl (C=O) groups is 4. The number of methoxy groups -OCH3 is 1. The molecule has 3 aromatic carbocycles. The summed E-state index contributed by atoms with van der Waals surface area (Å²) in [6, 6.07) is 23.7. The highest BCUT2D eigenvalue weighted by Gasteiger charge is 2.55. The maximum atomic E-state index is 13.1. The van der Waals surface area contributed by atoms with Crippen molar-refractivity contribution in [3.05, 3.63) is 108 Å². The van der Waals surface area contributed by atoms with Crippen LogP contribution in [0.3, 0.4) is 0 Å². The van der Waals surface area contributed by atoms with E-state index in [-0.39, 0.29) is 16.7 Å². The lowest BCUT2D eigenvalue weighted by molar-refractivity contribution is -0.285. The Kier molecular flexibility index (Phi) is 8.47. The Labute approximate surface area is 217 Å². The van der Waals surface area contributed by atoms with Crippen molar-refractivity contribution in [2.75, 3.05) is 7.11 Å². The largest absolute Gasteiger partial charge is 0.479 e. The number of carboxylic acids is 1. The standard InChI is InChI=1S/C28H24O10/c1-34-28-23(37-27(33)19-15-9-4-10-16-19)21(36-26(32)18-13-7-3-8-14-18)20(22(38-28)24(29)30)35-25(31)17-11-5-2-6-12-17/h2-16,20-23,28H,1H3,(H,29,30)/t20-,21-,22-,23+,28+/m0/s1. The van der Waals surface area contributed by atoms with Gasteiger partial charge in [0.25, 0.3) is 0 Å². The molecule has 5 atom stereocenters. The molecule has 38 heavy (non-hydrogen) atoms. The van der Waals surface area contributed by atoms with Gasteiger partial charge in [0, 0.05) is 7.11 Å². The summed E-state index contributed by atoms with van der Waals surface area (Å²) in [7, 11) is 1.21. The number of hydrogen-bond donors (Lipinski definition) is 1. The Bertz CT molecular complexity index is 1260. The zero-order valence-corrected chi connectivity index (χ0v) is 20.2. The van der Waals surface area contributed by atoms with E-state index in [1.807, 2.05) is 0 Å². The third kappa shape index (κ3) is 6.05. The van der Waals surface area contributed by atoms with Gasteiger partial charge in [-0.15, -0.1) is 0 Å². The van der Waals surface area contributed by atoms with E-state index in [4.69, 9.17) is 23.7 Å². The summed E-state index contributed by atoms with van der Waals surface area (Å²) in [6.07, 6.45) is -8.09. The van der Waals surface area contributed by atoms with E-state index in [2.05, 4.69) is 0 Å². The van der Waals surface area contributed by atoms with E-state index in [1.165, 1.54) is 43.5 Å². The molecule has 0 spiro atoms. The second kappa shape index (κ2) is 12.1. The zero-order valence-electron chi connectivity index (χ0n) is 20.2. The fourth-order valence-corrected chi connectivity index (χ4v) is 3.89. The molecule has 0 aromatic heterocycles. The maximum Gasteiger partial charge on any atom is 0.338 e. The first-order chi connectivity index (χ1) is 18.4. The lowest BCUT2D eigenvalue weighted by atomic mass is 9.97. The maximum absolute atomic E-state index is 13.1. The summed E-state index contributed by atoms with van der Waals surface area (Å²) >= 11 is 0. The normalized spacial score (nSPS) is 22.6. The van der Waals surface area contributed by atoms with Gasteiger partial charge in [-0.3, -0.25) is 0 Å². The van der Waals surface area contributed by atoms with Crippen molar-refractivity contribution < 1.29 is 48.0 Å². The highest BCUT2D eigenvalue weighted by Crippen LogP contribution is 2.31. The van der Waals surface area contributed by atoms with Gasteiger partial charge in [0.15, 0.2) is 30.7 Å². The molecule has 0 bridgehead atoms. The zero-order chi connectivity index (χ0) is 27.1. The molecule has 1 aliphatic heterocycles. The molecular weight excluding hydrogens is 496 g/mol. The van der Waals surface area contributed by atoms with Gasteiger partial charge in [-0.25, -0.2) is 19.2 Å². The molecule has 1 N–H and O–H groups in total. The summed E-state index contributed by atoms with van der Waals surface area (Å²) in [4.78, 5) is 51.1. The van der Waals surface area contributed by atoms with Crippen molar-refractivity contribution in [2.45, 2.75) is 30.7 Å². The number of carbonyl (C=O) groups excluding carboxylic acids is 3. The summed E-state index contributed by atoms with van der Waals surface area (Å²) in [5, 5.41) is 9.90. The Morgan fingerprint density at radius 2 is 0.974 bits per heavy atom. The molecule has 10 nitrogen and oxygen atoms in total. The topological polar surface area (TPSA) is 135 Å². The predicted octanol–water partition coefficient (Wildman–Crippen LogP) is 3.12. The number of rotatable bonds is 8. The first kappa shape index (κ1) is 26.5. The van der Waals surface area contributed by atoms with Gasteiger partial charge >= 0.3 is 23.9 Å². The van der Waals surface area contributed by atoms with Gasteiger partial charge < -0.3 is 28.8 Å².